The zero-order valence-electron chi connectivity index (χ0n) is 14.5. The first-order valence-electron chi connectivity index (χ1n) is 8.23. The van der Waals surface area contributed by atoms with E-state index in [1.165, 1.54) is 26.7 Å². The summed E-state index contributed by atoms with van der Waals surface area (Å²) in [4.78, 5) is 42.9. The maximum Gasteiger partial charge on any atom is 0.332 e. The third kappa shape index (κ3) is 2.00. The minimum absolute atomic E-state index is 0.114. The van der Waals surface area contributed by atoms with Crippen LogP contribution >= 0.6 is 0 Å². The number of rotatable bonds is 2. The van der Waals surface area contributed by atoms with Crippen molar-refractivity contribution in [2.24, 2.45) is 27.7 Å². The Morgan fingerprint density at radius 3 is 2.09 bits per heavy atom. The summed E-state index contributed by atoms with van der Waals surface area (Å²) < 4.78 is 0. The number of hydrogen-bond donors (Lipinski definition) is 0. The topological polar surface area (TPSA) is 70.1 Å². The Labute approximate surface area is 136 Å². The van der Waals surface area contributed by atoms with E-state index in [1.807, 2.05) is 0 Å². The maximum absolute atomic E-state index is 12.2. The predicted octanol–water partition coefficient (Wildman–Crippen LogP) is 1.94. The highest BCUT2D eigenvalue weighted by Gasteiger charge is 2.61. The smallest absolute Gasteiger partial charge is 0.292 e. The Morgan fingerprint density at radius 2 is 1.65 bits per heavy atom. The van der Waals surface area contributed by atoms with Crippen molar-refractivity contribution in [2.75, 3.05) is 14.1 Å². The lowest BCUT2D eigenvalue weighted by Gasteiger charge is -2.37. The molecule has 0 N–H and O–H groups in total. The minimum atomic E-state index is -0.978. The Balaban J connectivity index is 1.82. The number of nitrogens with zero attached hydrogens (tertiary/aromatic N) is 3. The fraction of sp³-hybridized carbons (Fsp3) is 0.765. The molecule has 2 bridgehead atoms. The predicted molar refractivity (Wildman–Crippen MR) is 85.9 cm³/mol. The highest BCUT2D eigenvalue weighted by molar-refractivity contribution is 6.23. The van der Waals surface area contributed by atoms with E-state index in [1.54, 1.807) is 0 Å². The van der Waals surface area contributed by atoms with Crippen LogP contribution in [0.1, 0.15) is 40.0 Å². The molecular weight excluding hydrogens is 294 g/mol. The molecule has 0 aromatic rings. The monoisotopic (exact) mass is 319 g/mol. The number of carbonyl (C=O) groups is 3. The van der Waals surface area contributed by atoms with E-state index in [4.69, 9.17) is 0 Å². The number of urea groups is 1. The molecule has 0 radical (unpaired) electrons. The van der Waals surface area contributed by atoms with Gasteiger partial charge in [-0.3, -0.25) is 24.4 Å². The van der Waals surface area contributed by atoms with Crippen molar-refractivity contribution in [2.45, 2.75) is 46.1 Å². The van der Waals surface area contributed by atoms with Crippen LogP contribution in [0.25, 0.3) is 0 Å². The molecule has 1 aliphatic heterocycles. The van der Waals surface area contributed by atoms with Crippen LogP contribution in [0.15, 0.2) is 4.99 Å². The van der Waals surface area contributed by atoms with Gasteiger partial charge >= 0.3 is 6.03 Å². The molecule has 3 atom stereocenters. The van der Waals surface area contributed by atoms with Crippen LogP contribution in [-0.2, 0) is 9.59 Å². The summed E-state index contributed by atoms with van der Waals surface area (Å²) in [5.74, 6) is -1.31. The molecule has 6 heteroatoms. The third-order valence-electron chi connectivity index (χ3n) is 6.93. The summed E-state index contributed by atoms with van der Waals surface area (Å²) in [6, 6.07) is -0.442. The molecule has 2 saturated carbocycles. The van der Waals surface area contributed by atoms with Gasteiger partial charge in [0.25, 0.3) is 0 Å². The first kappa shape index (κ1) is 16.1. The van der Waals surface area contributed by atoms with Crippen LogP contribution < -0.4 is 0 Å². The first-order chi connectivity index (χ1) is 10.6. The van der Waals surface area contributed by atoms with Crippen molar-refractivity contribution in [3.05, 3.63) is 0 Å². The molecule has 3 rings (SSSR count). The van der Waals surface area contributed by atoms with E-state index in [0.29, 0.717) is 5.92 Å². The Morgan fingerprint density at radius 1 is 1.09 bits per heavy atom. The van der Waals surface area contributed by atoms with Crippen molar-refractivity contribution in [1.82, 2.24) is 9.80 Å². The fourth-order valence-corrected chi connectivity index (χ4v) is 4.64. The van der Waals surface area contributed by atoms with Crippen LogP contribution in [0, 0.1) is 22.7 Å². The molecule has 1 saturated heterocycles. The van der Waals surface area contributed by atoms with Crippen LogP contribution in [0.2, 0.25) is 0 Å². The molecule has 126 valence electrons. The molecule has 0 unspecified atom stereocenters. The fourth-order valence-electron chi connectivity index (χ4n) is 4.64. The normalized spacial score (nSPS) is 37.5. The van der Waals surface area contributed by atoms with E-state index in [0.717, 1.165) is 22.6 Å². The lowest BCUT2D eigenvalue weighted by Crippen LogP contribution is -2.57. The average molecular weight is 319 g/mol. The summed E-state index contributed by atoms with van der Waals surface area (Å²) in [5.41, 5.74) is 0.349. The van der Waals surface area contributed by atoms with Gasteiger partial charge in [-0.15, -0.1) is 0 Å². The molecule has 4 amide bonds. The Bertz CT molecular complexity index is 588. The molecule has 2 aliphatic carbocycles. The Kier molecular flexibility index (Phi) is 3.43. The van der Waals surface area contributed by atoms with Gasteiger partial charge in [-0.25, -0.2) is 4.79 Å². The van der Waals surface area contributed by atoms with E-state index in [9.17, 15) is 14.4 Å². The van der Waals surface area contributed by atoms with Gasteiger partial charge in [0.2, 0.25) is 11.8 Å². The number of hydrogen-bond acceptors (Lipinski definition) is 4. The quantitative estimate of drug-likeness (QED) is 0.577. The van der Waals surface area contributed by atoms with E-state index in [-0.39, 0.29) is 16.9 Å². The second kappa shape index (κ2) is 4.89. The van der Waals surface area contributed by atoms with Crippen LogP contribution in [0.4, 0.5) is 4.79 Å². The third-order valence-corrected chi connectivity index (χ3v) is 6.93. The van der Waals surface area contributed by atoms with E-state index < -0.39 is 23.8 Å². The summed E-state index contributed by atoms with van der Waals surface area (Å²) in [5, 5.41) is 0. The highest BCUT2D eigenvalue weighted by atomic mass is 16.2. The van der Waals surface area contributed by atoms with Crippen molar-refractivity contribution in [3.63, 3.8) is 0 Å². The zero-order chi connectivity index (χ0) is 17.2. The van der Waals surface area contributed by atoms with Crippen LogP contribution in [0.3, 0.4) is 0 Å². The molecule has 3 aliphatic rings. The molecule has 0 spiro atoms. The van der Waals surface area contributed by atoms with E-state index >= 15 is 0 Å². The molecular formula is C17H25N3O3. The largest absolute Gasteiger partial charge is 0.332 e. The molecule has 3 fully saturated rings. The summed E-state index contributed by atoms with van der Waals surface area (Å²) in [6.45, 7) is 6.88. The number of amides is 4. The van der Waals surface area contributed by atoms with Crippen molar-refractivity contribution in [3.8, 4) is 0 Å². The maximum atomic E-state index is 12.2. The summed E-state index contributed by atoms with van der Waals surface area (Å²) in [7, 11) is 2.80. The molecule has 6 nitrogen and oxygen atoms in total. The Hall–Kier alpha value is -1.72. The van der Waals surface area contributed by atoms with Crippen LogP contribution in [-0.4, -0.2) is 54.0 Å². The van der Waals surface area contributed by atoms with Crippen molar-refractivity contribution < 1.29 is 14.4 Å². The lowest BCUT2D eigenvalue weighted by molar-refractivity contribution is -0.144. The van der Waals surface area contributed by atoms with Gasteiger partial charge in [0.15, 0.2) is 5.92 Å². The van der Waals surface area contributed by atoms with Crippen LogP contribution in [0.5, 0.6) is 0 Å². The minimum Gasteiger partial charge on any atom is -0.292 e. The lowest BCUT2D eigenvalue weighted by atomic mass is 9.69. The second-order valence-corrected chi connectivity index (χ2v) is 7.98. The number of carbonyl (C=O) groups excluding carboxylic acids is 3. The molecule has 1 heterocycles. The zero-order valence-corrected chi connectivity index (χ0v) is 14.5. The first-order valence-corrected chi connectivity index (χ1v) is 8.23. The SMILES string of the molecule is CN1C(=O)C(C=N[C@@H]2C[C@H]3CC[C@]2(C)C3(C)C)C(=O)N(C)C1=O. The number of fused-ring (bicyclic) bond motifs is 2. The van der Waals surface area contributed by atoms with E-state index in [2.05, 4.69) is 25.8 Å². The van der Waals surface area contributed by atoms with Crippen molar-refractivity contribution in [1.29, 1.82) is 0 Å². The second-order valence-electron chi connectivity index (χ2n) is 7.98. The molecule has 23 heavy (non-hydrogen) atoms. The average Bonchev–Trinajstić information content (AvgIpc) is 2.84. The van der Waals surface area contributed by atoms with Gasteiger partial charge in [0, 0.05) is 20.3 Å². The summed E-state index contributed by atoms with van der Waals surface area (Å²) >= 11 is 0. The van der Waals surface area contributed by atoms with Gasteiger partial charge in [-0.1, -0.05) is 20.8 Å². The number of barbiturate groups is 1. The number of aliphatic imine (C=N–C) groups is 1. The number of imide groups is 2. The molecule has 0 aromatic carbocycles. The van der Waals surface area contributed by atoms with Gasteiger partial charge in [-0.2, -0.15) is 0 Å². The van der Waals surface area contributed by atoms with Gasteiger partial charge in [0.05, 0.1) is 6.04 Å². The van der Waals surface area contributed by atoms with Gasteiger partial charge < -0.3 is 0 Å². The van der Waals surface area contributed by atoms with Gasteiger partial charge in [0.1, 0.15) is 0 Å². The van der Waals surface area contributed by atoms with Gasteiger partial charge in [-0.05, 0) is 36.0 Å². The van der Waals surface area contributed by atoms with Crippen molar-refractivity contribution >= 4 is 24.1 Å². The molecule has 0 aromatic heterocycles. The highest BCUT2D eigenvalue weighted by Crippen LogP contribution is 2.66. The summed E-state index contributed by atoms with van der Waals surface area (Å²) in [6.07, 6.45) is 4.87. The standard InChI is InChI=1S/C17H25N3O3/c1-16(2)10-6-7-17(16,3)12(8-10)18-9-11-13(21)19(4)15(23)20(5)14(11)22/h9-12H,6-8H2,1-5H3/t10-,12-,17+/m1/s1.